The van der Waals surface area contributed by atoms with Crippen LogP contribution in [0.4, 0.5) is 5.82 Å². The fourth-order valence-corrected chi connectivity index (χ4v) is 1.33. The van der Waals surface area contributed by atoms with Crippen LogP contribution in [0, 0.1) is 0 Å². The minimum absolute atomic E-state index is 0.222. The molecule has 0 bridgehead atoms. The van der Waals surface area contributed by atoms with E-state index in [1.54, 1.807) is 27.3 Å². The van der Waals surface area contributed by atoms with E-state index < -0.39 is 0 Å². The summed E-state index contributed by atoms with van der Waals surface area (Å²) in [6, 6.07) is 1.56. The van der Waals surface area contributed by atoms with Crippen LogP contribution in [0.3, 0.4) is 0 Å². The summed E-state index contributed by atoms with van der Waals surface area (Å²) < 4.78 is 10.0. The number of anilines is 1. The Labute approximate surface area is 106 Å². The highest BCUT2D eigenvalue weighted by molar-refractivity contribution is 5.92. The molecule has 0 aromatic carbocycles. The highest BCUT2D eigenvalue weighted by Gasteiger charge is 2.16. The van der Waals surface area contributed by atoms with E-state index in [1.165, 1.54) is 12.0 Å². The third-order valence-electron chi connectivity index (χ3n) is 2.41. The number of nitrogens with zero attached hydrogens (tertiary/aromatic N) is 3. The predicted octanol–water partition coefficient (Wildman–Crippen LogP) is 0.245. The summed E-state index contributed by atoms with van der Waals surface area (Å²) >= 11 is 0. The normalized spacial score (nSPS) is 10.0. The predicted molar refractivity (Wildman–Crippen MR) is 67.0 cm³/mol. The summed E-state index contributed by atoms with van der Waals surface area (Å²) in [5, 5.41) is 10.6. The lowest BCUT2D eigenvalue weighted by molar-refractivity contribution is 0.0737. The van der Waals surface area contributed by atoms with Gasteiger partial charge in [0.2, 0.25) is 0 Å². The van der Waals surface area contributed by atoms with E-state index >= 15 is 0 Å². The first-order valence-electron chi connectivity index (χ1n) is 5.48. The van der Waals surface area contributed by atoms with Gasteiger partial charge in [-0.05, 0) is 0 Å². The van der Waals surface area contributed by atoms with Gasteiger partial charge in [-0.3, -0.25) is 4.79 Å². The molecule has 0 radical (unpaired) electrons. The van der Waals surface area contributed by atoms with Crippen molar-refractivity contribution in [2.24, 2.45) is 0 Å². The molecule has 100 valence electrons. The molecule has 0 spiro atoms. The number of ether oxygens (including phenoxy) is 2. The fraction of sp³-hybridized carbons (Fsp3) is 0.545. The largest absolute Gasteiger partial charge is 0.493 e. The van der Waals surface area contributed by atoms with Crippen LogP contribution in [0.2, 0.25) is 0 Å². The van der Waals surface area contributed by atoms with Gasteiger partial charge < -0.3 is 19.7 Å². The number of hydrogen-bond donors (Lipinski definition) is 1. The second-order valence-electron chi connectivity index (χ2n) is 3.62. The Hall–Kier alpha value is -1.89. The maximum atomic E-state index is 12.0. The molecule has 7 nitrogen and oxygen atoms in total. The summed E-state index contributed by atoms with van der Waals surface area (Å²) in [5.74, 6) is 0.755. The Bertz CT molecular complexity index is 411. The first-order chi connectivity index (χ1) is 8.63. The molecule has 1 amide bonds. The van der Waals surface area contributed by atoms with Crippen LogP contribution in [0.5, 0.6) is 5.75 Å². The van der Waals surface area contributed by atoms with Crippen molar-refractivity contribution in [1.29, 1.82) is 0 Å². The molecule has 1 aromatic rings. The SMILES string of the molecule is CNc1nnc(C(=O)N(C)CCOC)cc1OC. The first-order valence-corrected chi connectivity index (χ1v) is 5.48. The van der Waals surface area contributed by atoms with E-state index in [2.05, 4.69) is 15.5 Å². The van der Waals surface area contributed by atoms with Crippen molar-refractivity contribution in [3.63, 3.8) is 0 Å². The Morgan fingerprint density at radius 3 is 2.72 bits per heavy atom. The summed E-state index contributed by atoms with van der Waals surface area (Å²) in [7, 11) is 6.49. The molecule has 18 heavy (non-hydrogen) atoms. The molecule has 0 aliphatic carbocycles. The van der Waals surface area contributed by atoms with Crippen LogP contribution in [0.1, 0.15) is 10.5 Å². The molecule has 0 atom stereocenters. The van der Waals surface area contributed by atoms with Crippen LogP contribution in [0.25, 0.3) is 0 Å². The van der Waals surface area contributed by atoms with Crippen LogP contribution < -0.4 is 10.1 Å². The Morgan fingerprint density at radius 1 is 1.44 bits per heavy atom. The number of methoxy groups -OCH3 is 2. The van der Waals surface area contributed by atoms with Gasteiger partial charge in [0.25, 0.3) is 5.91 Å². The number of nitrogens with one attached hydrogen (secondary N) is 1. The lowest BCUT2D eigenvalue weighted by atomic mass is 10.3. The van der Waals surface area contributed by atoms with Gasteiger partial charge in [-0.15, -0.1) is 10.2 Å². The summed E-state index contributed by atoms with van der Waals surface area (Å²) in [4.78, 5) is 13.5. The van der Waals surface area contributed by atoms with Gasteiger partial charge in [0.1, 0.15) is 0 Å². The minimum atomic E-state index is -0.222. The Morgan fingerprint density at radius 2 is 2.17 bits per heavy atom. The fourth-order valence-electron chi connectivity index (χ4n) is 1.33. The van der Waals surface area contributed by atoms with Gasteiger partial charge in [-0.1, -0.05) is 0 Å². The van der Waals surface area contributed by atoms with Crippen molar-refractivity contribution in [2.75, 3.05) is 46.8 Å². The third-order valence-corrected chi connectivity index (χ3v) is 2.41. The summed E-state index contributed by atoms with van der Waals surface area (Å²) in [5.41, 5.74) is 0.240. The lowest BCUT2D eigenvalue weighted by Gasteiger charge is -2.16. The number of hydrogen-bond acceptors (Lipinski definition) is 6. The Kier molecular flexibility index (Phi) is 5.31. The van der Waals surface area contributed by atoms with Gasteiger partial charge in [0, 0.05) is 33.8 Å². The maximum Gasteiger partial charge on any atom is 0.274 e. The Balaban J connectivity index is 2.86. The lowest BCUT2D eigenvalue weighted by Crippen LogP contribution is -2.30. The first kappa shape index (κ1) is 14.2. The van der Waals surface area contributed by atoms with Crippen LogP contribution in [0.15, 0.2) is 6.07 Å². The molecule has 1 rings (SSSR count). The maximum absolute atomic E-state index is 12.0. The number of likely N-dealkylation sites (N-methyl/N-ethyl adjacent to an activating group) is 1. The quantitative estimate of drug-likeness (QED) is 0.784. The number of rotatable bonds is 6. The van der Waals surface area contributed by atoms with Crippen LogP contribution in [-0.4, -0.2) is 62.5 Å². The molecule has 1 N–H and O–H groups in total. The van der Waals surface area contributed by atoms with Crippen LogP contribution >= 0.6 is 0 Å². The third kappa shape index (κ3) is 3.30. The second-order valence-corrected chi connectivity index (χ2v) is 3.62. The average molecular weight is 254 g/mol. The number of amides is 1. The molecular weight excluding hydrogens is 236 g/mol. The smallest absolute Gasteiger partial charge is 0.274 e. The number of carbonyl (C=O) groups is 1. The zero-order valence-electron chi connectivity index (χ0n) is 11.1. The zero-order chi connectivity index (χ0) is 13.5. The number of carbonyl (C=O) groups excluding carboxylic acids is 1. The van der Waals surface area contributed by atoms with Gasteiger partial charge in [-0.2, -0.15) is 0 Å². The van der Waals surface area contributed by atoms with Gasteiger partial charge in [0.15, 0.2) is 17.3 Å². The standard InChI is InChI=1S/C11H18N4O3/c1-12-10-9(18-4)7-8(13-14-10)11(16)15(2)5-6-17-3/h7H,5-6H2,1-4H3,(H,12,14). The van der Waals surface area contributed by atoms with E-state index in [9.17, 15) is 4.79 Å². The zero-order valence-corrected chi connectivity index (χ0v) is 11.1. The minimum Gasteiger partial charge on any atom is -0.493 e. The molecule has 1 heterocycles. The molecule has 0 unspecified atom stereocenters. The van der Waals surface area contributed by atoms with E-state index in [4.69, 9.17) is 9.47 Å². The van der Waals surface area contributed by atoms with E-state index in [0.717, 1.165) is 0 Å². The molecule has 7 heteroatoms. The summed E-state index contributed by atoms with van der Waals surface area (Å²) in [6.45, 7) is 0.967. The van der Waals surface area contributed by atoms with Gasteiger partial charge >= 0.3 is 0 Å². The highest BCUT2D eigenvalue weighted by atomic mass is 16.5. The van der Waals surface area contributed by atoms with Gasteiger partial charge in [-0.25, -0.2) is 0 Å². The average Bonchev–Trinajstić information content (AvgIpc) is 2.42. The van der Waals surface area contributed by atoms with Crippen molar-refractivity contribution >= 4 is 11.7 Å². The van der Waals surface area contributed by atoms with Gasteiger partial charge in [0.05, 0.1) is 13.7 Å². The van der Waals surface area contributed by atoms with Crippen molar-refractivity contribution in [1.82, 2.24) is 15.1 Å². The van der Waals surface area contributed by atoms with E-state index in [0.29, 0.717) is 24.7 Å². The van der Waals surface area contributed by atoms with Crippen molar-refractivity contribution in [3.8, 4) is 5.75 Å². The molecule has 0 aliphatic rings. The van der Waals surface area contributed by atoms with Crippen molar-refractivity contribution in [3.05, 3.63) is 11.8 Å². The molecule has 0 fully saturated rings. The molecule has 0 aliphatic heterocycles. The van der Waals surface area contributed by atoms with E-state index in [1.807, 2.05) is 0 Å². The van der Waals surface area contributed by atoms with Crippen molar-refractivity contribution < 1.29 is 14.3 Å². The van der Waals surface area contributed by atoms with E-state index in [-0.39, 0.29) is 11.6 Å². The van der Waals surface area contributed by atoms with Crippen LogP contribution in [-0.2, 0) is 4.74 Å². The topological polar surface area (TPSA) is 76.6 Å². The molecule has 0 saturated heterocycles. The van der Waals surface area contributed by atoms with Crippen molar-refractivity contribution in [2.45, 2.75) is 0 Å². The highest BCUT2D eigenvalue weighted by Crippen LogP contribution is 2.20. The number of aromatic nitrogens is 2. The molecule has 0 saturated carbocycles. The summed E-state index contributed by atoms with van der Waals surface area (Å²) in [6.07, 6.45) is 0. The second kappa shape index (κ2) is 6.75. The monoisotopic (exact) mass is 254 g/mol. The molecule has 1 aromatic heterocycles. The molecular formula is C11H18N4O3.